The highest BCUT2D eigenvalue weighted by atomic mass is 19.1. The molecule has 0 saturated heterocycles. The predicted octanol–water partition coefficient (Wildman–Crippen LogP) is 2.10. The summed E-state index contributed by atoms with van der Waals surface area (Å²) in [5.74, 6) is -2.98. The van der Waals surface area contributed by atoms with Gasteiger partial charge in [-0.15, -0.1) is 0 Å². The maximum Gasteiger partial charge on any atom is 0.243 e. The Bertz CT molecular complexity index is 988. The van der Waals surface area contributed by atoms with Crippen LogP contribution in [0.3, 0.4) is 0 Å². The summed E-state index contributed by atoms with van der Waals surface area (Å²) in [6, 6.07) is 10.7. The van der Waals surface area contributed by atoms with Crippen molar-refractivity contribution in [3.05, 3.63) is 77.4 Å². The molecule has 0 unspecified atom stereocenters. The minimum absolute atomic E-state index is 0.157. The molecule has 2 aromatic carbocycles. The average molecular weight is 427 g/mol. The van der Waals surface area contributed by atoms with E-state index >= 15 is 0 Å². The monoisotopic (exact) mass is 427 g/mol. The Kier molecular flexibility index (Phi) is 7.12. The van der Waals surface area contributed by atoms with Crippen LogP contribution < -0.4 is 16.0 Å². The lowest BCUT2D eigenvalue weighted by Crippen LogP contribution is -2.52. The van der Waals surface area contributed by atoms with Gasteiger partial charge in [0.05, 0.1) is 6.42 Å². The smallest absolute Gasteiger partial charge is 0.243 e. The highest BCUT2D eigenvalue weighted by Crippen LogP contribution is 2.17. The Balaban J connectivity index is 1.56. The van der Waals surface area contributed by atoms with Crippen molar-refractivity contribution in [1.82, 2.24) is 16.0 Å². The Morgan fingerprint density at radius 3 is 2.48 bits per heavy atom. The fraction of sp³-hybridized carbons (Fsp3) is 0.261. The minimum Gasteiger partial charge on any atom is -0.350 e. The molecule has 8 heteroatoms. The number of carbonyl (C=O) groups excluding carboxylic acids is 3. The van der Waals surface area contributed by atoms with Crippen molar-refractivity contribution < 1.29 is 23.2 Å². The van der Waals surface area contributed by atoms with Crippen LogP contribution in [0.15, 0.2) is 54.6 Å². The van der Waals surface area contributed by atoms with Gasteiger partial charge < -0.3 is 16.0 Å². The van der Waals surface area contributed by atoms with Crippen molar-refractivity contribution in [1.29, 1.82) is 0 Å². The van der Waals surface area contributed by atoms with E-state index in [9.17, 15) is 23.2 Å². The van der Waals surface area contributed by atoms with Crippen LogP contribution >= 0.6 is 0 Å². The molecule has 0 aliphatic carbocycles. The fourth-order valence-corrected chi connectivity index (χ4v) is 3.29. The third-order valence-corrected chi connectivity index (χ3v) is 4.89. The maximum atomic E-state index is 13.3. The Hall–Kier alpha value is -3.55. The van der Waals surface area contributed by atoms with Crippen LogP contribution in [0.5, 0.6) is 0 Å². The summed E-state index contributed by atoms with van der Waals surface area (Å²) in [6.45, 7) is 1.82. The first-order chi connectivity index (χ1) is 14.8. The molecule has 31 heavy (non-hydrogen) atoms. The lowest BCUT2D eigenvalue weighted by molar-refractivity contribution is -0.131. The lowest BCUT2D eigenvalue weighted by Gasteiger charge is -2.19. The van der Waals surface area contributed by atoms with E-state index in [1.807, 2.05) is 36.4 Å². The first kappa shape index (κ1) is 22.1. The van der Waals surface area contributed by atoms with Gasteiger partial charge in [-0.25, -0.2) is 8.78 Å². The third-order valence-electron chi connectivity index (χ3n) is 4.89. The summed E-state index contributed by atoms with van der Waals surface area (Å²) >= 11 is 0. The molecule has 0 saturated carbocycles. The van der Waals surface area contributed by atoms with Gasteiger partial charge in [-0.05, 0) is 42.2 Å². The molecule has 3 amide bonds. The van der Waals surface area contributed by atoms with Crippen LogP contribution in [0.4, 0.5) is 8.78 Å². The second kappa shape index (κ2) is 9.97. The van der Waals surface area contributed by atoms with Gasteiger partial charge in [0.25, 0.3) is 0 Å². The molecule has 0 spiro atoms. The van der Waals surface area contributed by atoms with Gasteiger partial charge in [-0.1, -0.05) is 36.4 Å². The summed E-state index contributed by atoms with van der Waals surface area (Å²) < 4.78 is 26.5. The van der Waals surface area contributed by atoms with Crippen molar-refractivity contribution in [3.8, 4) is 0 Å². The number of hydrogen-bond acceptors (Lipinski definition) is 3. The standard InChI is InChI=1S/C23H23F2N3O3/c1-14(27-21(29)11-15-9-18(24)12-19(25)10-15)22(30)28-20-8-7-17(13-26-23(20)31)16-5-3-2-4-6-16/h2-7,9-10,12,14,20H,8,11,13H2,1H3,(H,26,31)(H,27,29)(H,28,30)/t14-,20-/m0/s1. The van der Waals surface area contributed by atoms with E-state index < -0.39 is 35.5 Å². The van der Waals surface area contributed by atoms with E-state index in [0.717, 1.165) is 23.3 Å². The van der Waals surface area contributed by atoms with E-state index in [4.69, 9.17) is 0 Å². The third kappa shape index (κ3) is 6.21. The Morgan fingerprint density at radius 2 is 1.81 bits per heavy atom. The summed E-state index contributed by atoms with van der Waals surface area (Å²) in [5.41, 5.74) is 2.10. The van der Waals surface area contributed by atoms with Crippen molar-refractivity contribution in [2.75, 3.05) is 6.54 Å². The van der Waals surface area contributed by atoms with Gasteiger partial charge in [0.1, 0.15) is 23.7 Å². The molecule has 1 heterocycles. The molecule has 0 aromatic heterocycles. The number of halogens is 2. The maximum absolute atomic E-state index is 13.3. The molecule has 1 aliphatic rings. The SMILES string of the molecule is C[C@H](NC(=O)Cc1cc(F)cc(F)c1)C(=O)N[C@H]1CC=C(c2ccccc2)CNC1=O. The zero-order valence-electron chi connectivity index (χ0n) is 17.0. The van der Waals surface area contributed by atoms with Crippen LogP contribution in [0.2, 0.25) is 0 Å². The van der Waals surface area contributed by atoms with Gasteiger partial charge in [-0.3, -0.25) is 14.4 Å². The number of rotatable bonds is 6. The average Bonchev–Trinajstić information content (AvgIpc) is 2.89. The lowest BCUT2D eigenvalue weighted by atomic mass is 10.0. The summed E-state index contributed by atoms with van der Waals surface area (Å²) in [6.07, 6.45) is 1.93. The molecular formula is C23H23F2N3O3. The van der Waals surface area contributed by atoms with Crippen LogP contribution in [0.25, 0.3) is 5.57 Å². The van der Waals surface area contributed by atoms with Crippen LogP contribution in [0.1, 0.15) is 24.5 Å². The fourth-order valence-electron chi connectivity index (χ4n) is 3.29. The van der Waals surface area contributed by atoms with E-state index in [2.05, 4.69) is 16.0 Å². The molecule has 1 aliphatic heterocycles. The van der Waals surface area contributed by atoms with Gasteiger partial charge in [0.2, 0.25) is 17.7 Å². The van der Waals surface area contributed by atoms with E-state index in [0.29, 0.717) is 19.0 Å². The molecule has 2 aromatic rings. The quantitative estimate of drug-likeness (QED) is 0.660. The second-order valence-electron chi connectivity index (χ2n) is 7.35. The highest BCUT2D eigenvalue weighted by molar-refractivity contribution is 5.93. The Morgan fingerprint density at radius 1 is 1.13 bits per heavy atom. The first-order valence-corrected chi connectivity index (χ1v) is 9.88. The van der Waals surface area contributed by atoms with Crippen molar-refractivity contribution >= 4 is 23.3 Å². The van der Waals surface area contributed by atoms with E-state index in [-0.39, 0.29) is 17.9 Å². The molecule has 6 nitrogen and oxygen atoms in total. The zero-order chi connectivity index (χ0) is 22.4. The van der Waals surface area contributed by atoms with E-state index in [1.54, 1.807) is 0 Å². The van der Waals surface area contributed by atoms with Gasteiger partial charge in [-0.2, -0.15) is 0 Å². The minimum atomic E-state index is -0.931. The van der Waals surface area contributed by atoms with Gasteiger partial charge in [0.15, 0.2) is 0 Å². The Labute approximate surface area is 178 Å². The molecule has 0 radical (unpaired) electrons. The predicted molar refractivity (Wildman–Crippen MR) is 112 cm³/mol. The topological polar surface area (TPSA) is 87.3 Å². The van der Waals surface area contributed by atoms with Gasteiger partial charge in [0, 0.05) is 12.6 Å². The van der Waals surface area contributed by atoms with Gasteiger partial charge >= 0.3 is 0 Å². The van der Waals surface area contributed by atoms with Crippen molar-refractivity contribution in [2.45, 2.75) is 31.8 Å². The molecule has 0 bridgehead atoms. The summed E-state index contributed by atoms with van der Waals surface area (Å²) in [5, 5.41) is 7.91. The summed E-state index contributed by atoms with van der Waals surface area (Å²) in [7, 11) is 0. The van der Waals surface area contributed by atoms with Crippen LogP contribution in [-0.4, -0.2) is 36.3 Å². The summed E-state index contributed by atoms with van der Waals surface area (Å²) in [4.78, 5) is 37.0. The highest BCUT2D eigenvalue weighted by Gasteiger charge is 2.25. The number of carbonyl (C=O) groups is 3. The number of hydrogen-bond donors (Lipinski definition) is 3. The number of benzene rings is 2. The van der Waals surface area contributed by atoms with E-state index in [1.165, 1.54) is 6.92 Å². The molecular weight excluding hydrogens is 404 g/mol. The second-order valence-corrected chi connectivity index (χ2v) is 7.35. The molecule has 2 atom stereocenters. The largest absolute Gasteiger partial charge is 0.350 e. The number of nitrogens with one attached hydrogen (secondary N) is 3. The molecule has 3 rings (SSSR count). The first-order valence-electron chi connectivity index (χ1n) is 9.88. The molecule has 0 fully saturated rings. The van der Waals surface area contributed by atoms with Crippen LogP contribution in [0, 0.1) is 11.6 Å². The molecule has 3 N–H and O–H groups in total. The normalized spacial score (nSPS) is 17.1. The van der Waals surface area contributed by atoms with Crippen LogP contribution in [-0.2, 0) is 20.8 Å². The zero-order valence-corrected chi connectivity index (χ0v) is 17.0. The molecule has 162 valence electrons. The number of amides is 3. The van der Waals surface area contributed by atoms with Crippen molar-refractivity contribution in [3.63, 3.8) is 0 Å². The van der Waals surface area contributed by atoms with Crippen molar-refractivity contribution in [2.24, 2.45) is 0 Å².